The number of benzene rings is 5. The average Bonchev–Trinajstić information content (AvgIpc) is 3.02. The fourth-order valence-corrected chi connectivity index (χ4v) is 4.46. The first-order chi connectivity index (χ1) is 20.2. The van der Waals surface area contributed by atoms with E-state index in [0.717, 1.165) is 22.3 Å². The van der Waals surface area contributed by atoms with Crippen LogP contribution in [0, 0.1) is 0 Å². The zero-order valence-corrected chi connectivity index (χ0v) is 22.3. The maximum atomic E-state index is 13.6. The zero-order valence-electron chi connectivity index (χ0n) is 22.3. The van der Waals surface area contributed by atoms with Crippen LogP contribution in [0.4, 0.5) is 5.69 Å². The van der Waals surface area contributed by atoms with Gasteiger partial charge in [-0.2, -0.15) is 5.10 Å². The number of hydrogen-bond acceptors (Lipinski definition) is 4. The zero-order chi connectivity index (χ0) is 28.3. The summed E-state index contributed by atoms with van der Waals surface area (Å²) < 4.78 is 5.97. The molecule has 0 bridgehead atoms. The van der Waals surface area contributed by atoms with Crippen LogP contribution >= 0.6 is 0 Å². The van der Waals surface area contributed by atoms with Gasteiger partial charge in [0.2, 0.25) is 5.91 Å². The monoisotopic (exact) mass is 539 g/mol. The van der Waals surface area contributed by atoms with Gasteiger partial charge in [-0.15, -0.1) is 0 Å². The lowest BCUT2D eigenvalue weighted by Crippen LogP contribution is -2.25. The van der Waals surface area contributed by atoms with Crippen LogP contribution in [0.25, 0.3) is 0 Å². The summed E-state index contributed by atoms with van der Waals surface area (Å²) in [6, 6.07) is 43.4. The Labute approximate surface area is 239 Å². The van der Waals surface area contributed by atoms with E-state index in [1.54, 1.807) is 30.5 Å². The van der Waals surface area contributed by atoms with Crippen LogP contribution in [-0.4, -0.2) is 18.0 Å². The van der Waals surface area contributed by atoms with Gasteiger partial charge in [-0.1, -0.05) is 115 Å². The van der Waals surface area contributed by atoms with Gasteiger partial charge < -0.3 is 10.1 Å². The number of hydrazone groups is 1. The molecule has 0 radical (unpaired) electrons. The highest BCUT2D eigenvalue weighted by Crippen LogP contribution is 2.27. The van der Waals surface area contributed by atoms with Gasteiger partial charge in [-0.05, 0) is 41.0 Å². The van der Waals surface area contributed by atoms with E-state index in [2.05, 4.69) is 15.8 Å². The standard InChI is InChI=1S/C35H29N3O3/c39-34(38-36-24-29-20-10-13-23-32(29)41-25-26-14-4-1-5-15-26)30-21-11-12-22-31(30)37-35(40)33(27-16-6-2-7-17-27)28-18-8-3-9-19-28/h1-24,33H,25H2,(H,37,40)(H,38,39)/b36-24-. The number of carbonyl (C=O) groups excluding carboxylic acids is 2. The number of anilines is 1. The van der Waals surface area contributed by atoms with Gasteiger partial charge in [0.1, 0.15) is 12.4 Å². The van der Waals surface area contributed by atoms with Crippen LogP contribution in [0.15, 0.2) is 145 Å². The van der Waals surface area contributed by atoms with Gasteiger partial charge in [0, 0.05) is 5.56 Å². The van der Waals surface area contributed by atoms with Gasteiger partial charge >= 0.3 is 0 Å². The van der Waals surface area contributed by atoms with E-state index in [1.165, 1.54) is 0 Å². The van der Waals surface area contributed by atoms with Crippen LogP contribution in [0.2, 0.25) is 0 Å². The molecule has 0 atom stereocenters. The molecule has 2 amide bonds. The van der Waals surface area contributed by atoms with E-state index < -0.39 is 11.8 Å². The van der Waals surface area contributed by atoms with Crippen molar-refractivity contribution in [3.63, 3.8) is 0 Å². The Bertz CT molecular complexity index is 1580. The smallest absolute Gasteiger partial charge is 0.273 e. The summed E-state index contributed by atoms with van der Waals surface area (Å²) in [5, 5.41) is 7.13. The molecule has 0 aliphatic heterocycles. The predicted octanol–water partition coefficient (Wildman–Crippen LogP) is 6.80. The summed E-state index contributed by atoms with van der Waals surface area (Å²) in [6.07, 6.45) is 1.54. The Balaban J connectivity index is 1.29. The van der Waals surface area contributed by atoms with Crippen LogP contribution in [0.5, 0.6) is 5.75 Å². The number of hydrogen-bond donors (Lipinski definition) is 2. The van der Waals surface area contributed by atoms with E-state index >= 15 is 0 Å². The van der Waals surface area contributed by atoms with Crippen molar-refractivity contribution in [1.82, 2.24) is 5.43 Å². The third kappa shape index (κ3) is 7.13. The number of para-hydroxylation sites is 2. The van der Waals surface area contributed by atoms with Crippen molar-refractivity contribution in [1.29, 1.82) is 0 Å². The number of rotatable bonds is 10. The van der Waals surface area contributed by atoms with Crippen LogP contribution in [0.1, 0.15) is 38.5 Å². The molecule has 0 saturated carbocycles. The van der Waals surface area contributed by atoms with Crippen molar-refractivity contribution >= 4 is 23.7 Å². The molecule has 5 aromatic rings. The van der Waals surface area contributed by atoms with Gasteiger partial charge in [0.15, 0.2) is 0 Å². The van der Waals surface area contributed by atoms with E-state index in [4.69, 9.17) is 4.74 Å². The molecule has 2 N–H and O–H groups in total. The molecule has 6 nitrogen and oxygen atoms in total. The third-order valence-electron chi connectivity index (χ3n) is 6.48. The SMILES string of the molecule is O=C(N/N=C\c1ccccc1OCc1ccccc1)c1ccccc1NC(=O)C(c1ccccc1)c1ccccc1. The normalized spacial score (nSPS) is 10.9. The van der Waals surface area contributed by atoms with Crippen molar-refractivity contribution in [3.8, 4) is 5.75 Å². The molecular formula is C35H29N3O3. The first-order valence-corrected chi connectivity index (χ1v) is 13.3. The minimum atomic E-state index is -0.543. The largest absolute Gasteiger partial charge is 0.488 e. The Kier molecular flexibility index (Phi) is 8.94. The molecule has 5 aromatic carbocycles. The second kappa shape index (κ2) is 13.5. The molecule has 0 heterocycles. The highest BCUT2D eigenvalue weighted by molar-refractivity contribution is 6.06. The van der Waals surface area contributed by atoms with Crippen molar-refractivity contribution in [2.75, 3.05) is 5.32 Å². The molecule has 202 valence electrons. The molecule has 6 heteroatoms. The summed E-state index contributed by atoms with van der Waals surface area (Å²) >= 11 is 0. The molecule has 0 spiro atoms. The molecule has 0 aliphatic rings. The van der Waals surface area contributed by atoms with Crippen molar-refractivity contribution in [2.24, 2.45) is 5.10 Å². The van der Waals surface area contributed by atoms with Gasteiger partial charge in [0.05, 0.1) is 23.4 Å². The minimum Gasteiger partial charge on any atom is -0.488 e. The highest BCUT2D eigenvalue weighted by Gasteiger charge is 2.24. The topological polar surface area (TPSA) is 79.8 Å². The lowest BCUT2D eigenvalue weighted by atomic mass is 9.90. The summed E-state index contributed by atoms with van der Waals surface area (Å²) in [5.74, 6) is -0.583. The quantitative estimate of drug-likeness (QED) is 0.151. The van der Waals surface area contributed by atoms with Crippen LogP contribution in [-0.2, 0) is 11.4 Å². The average molecular weight is 540 g/mol. The van der Waals surface area contributed by atoms with Crippen molar-refractivity contribution in [2.45, 2.75) is 12.5 Å². The lowest BCUT2D eigenvalue weighted by molar-refractivity contribution is -0.116. The molecule has 0 fully saturated rings. The highest BCUT2D eigenvalue weighted by atomic mass is 16.5. The van der Waals surface area contributed by atoms with Gasteiger partial charge in [-0.3, -0.25) is 9.59 Å². The molecule has 0 aromatic heterocycles. The lowest BCUT2D eigenvalue weighted by Gasteiger charge is -2.19. The number of nitrogens with zero attached hydrogens (tertiary/aromatic N) is 1. The molecular weight excluding hydrogens is 510 g/mol. The Morgan fingerprint density at radius 2 is 1.24 bits per heavy atom. The second-order valence-corrected chi connectivity index (χ2v) is 9.30. The summed E-state index contributed by atoms with van der Waals surface area (Å²) in [5.41, 5.74) is 6.76. The maximum Gasteiger partial charge on any atom is 0.273 e. The summed E-state index contributed by atoms with van der Waals surface area (Å²) in [7, 11) is 0. The van der Waals surface area contributed by atoms with Crippen LogP contribution < -0.4 is 15.5 Å². The molecule has 0 aliphatic carbocycles. The maximum absolute atomic E-state index is 13.6. The summed E-state index contributed by atoms with van der Waals surface area (Å²) in [6.45, 7) is 0.415. The van der Waals surface area contributed by atoms with Crippen molar-refractivity contribution < 1.29 is 14.3 Å². The Morgan fingerprint density at radius 3 is 1.93 bits per heavy atom. The molecule has 0 unspecified atom stereocenters. The van der Waals surface area contributed by atoms with E-state index in [1.807, 2.05) is 115 Å². The minimum absolute atomic E-state index is 0.240. The third-order valence-corrected chi connectivity index (χ3v) is 6.48. The first-order valence-electron chi connectivity index (χ1n) is 13.3. The van der Waals surface area contributed by atoms with E-state index in [-0.39, 0.29) is 5.91 Å². The van der Waals surface area contributed by atoms with E-state index in [0.29, 0.717) is 23.6 Å². The number of amides is 2. The Hall–Kier alpha value is -5.49. The second-order valence-electron chi connectivity index (χ2n) is 9.30. The van der Waals surface area contributed by atoms with Gasteiger partial charge in [0.25, 0.3) is 5.91 Å². The number of nitrogens with one attached hydrogen (secondary N) is 2. The Morgan fingerprint density at radius 1 is 0.683 bits per heavy atom. The fraction of sp³-hybridized carbons (Fsp3) is 0.0571. The fourth-order valence-electron chi connectivity index (χ4n) is 4.46. The van der Waals surface area contributed by atoms with Crippen LogP contribution in [0.3, 0.4) is 0 Å². The summed E-state index contributed by atoms with van der Waals surface area (Å²) in [4.78, 5) is 26.7. The van der Waals surface area contributed by atoms with Gasteiger partial charge in [-0.25, -0.2) is 5.43 Å². The number of carbonyl (C=O) groups is 2. The molecule has 41 heavy (non-hydrogen) atoms. The first kappa shape index (κ1) is 27.1. The van der Waals surface area contributed by atoms with Crippen molar-refractivity contribution in [3.05, 3.63) is 167 Å². The van der Waals surface area contributed by atoms with E-state index in [9.17, 15) is 9.59 Å². The molecule has 5 rings (SSSR count). The number of ether oxygens (including phenoxy) is 1. The predicted molar refractivity (Wildman–Crippen MR) is 162 cm³/mol. The molecule has 0 saturated heterocycles.